The van der Waals surface area contributed by atoms with E-state index in [4.69, 9.17) is 4.74 Å². The monoisotopic (exact) mass is 433 g/mol. The predicted molar refractivity (Wildman–Crippen MR) is 112 cm³/mol. The second-order valence-electron chi connectivity index (χ2n) is 7.76. The third-order valence-electron chi connectivity index (χ3n) is 5.46. The highest BCUT2D eigenvalue weighted by molar-refractivity contribution is 7.99. The Kier molecular flexibility index (Phi) is 7.36. The zero-order valence-electron chi connectivity index (χ0n) is 17.0. The molecule has 1 spiro atoms. The number of esters is 1. The van der Waals surface area contributed by atoms with Gasteiger partial charge in [0, 0.05) is 17.2 Å². The van der Waals surface area contributed by atoms with Crippen molar-refractivity contribution in [1.82, 2.24) is 15.5 Å². The smallest absolute Gasteiger partial charge is 0.326 e. The fourth-order valence-electron chi connectivity index (χ4n) is 3.66. The van der Waals surface area contributed by atoms with Gasteiger partial charge in [-0.1, -0.05) is 25.1 Å². The van der Waals surface area contributed by atoms with Crippen molar-refractivity contribution in [3.05, 3.63) is 30.3 Å². The van der Waals surface area contributed by atoms with Gasteiger partial charge in [-0.25, -0.2) is 4.79 Å². The van der Waals surface area contributed by atoms with Crippen molar-refractivity contribution in [2.24, 2.45) is 5.92 Å². The van der Waals surface area contributed by atoms with Crippen LogP contribution in [-0.2, 0) is 19.1 Å². The molecule has 1 aliphatic carbocycles. The Morgan fingerprint density at radius 1 is 1.23 bits per heavy atom. The van der Waals surface area contributed by atoms with Gasteiger partial charge in [0.15, 0.2) is 6.61 Å². The highest BCUT2D eigenvalue weighted by Gasteiger charge is 2.52. The van der Waals surface area contributed by atoms with E-state index in [-0.39, 0.29) is 5.91 Å². The Hall–Kier alpha value is -2.55. The second-order valence-corrected chi connectivity index (χ2v) is 8.93. The minimum atomic E-state index is -0.891. The van der Waals surface area contributed by atoms with Crippen LogP contribution in [0.4, 0.5) is 4.79 Å². The van der Waals surface area contributed by atoms with Crippen LogP contribution in [0.3, 0.4) is 0 Å². The third-order valence-corrected chi connectivity index (χ3v) is 6.48. The fourth-order valence-corrected chi connectivity index (χ4v) is 4.45. The summed E-state index contributed by atoms with van der Waals surface area (Å²) in [6, 6.07) is 9.23. The number of ether oxygens (including phenoxy) is 1. The van der Waals surface area contributed by atoms with Gasteiger partial charge in [0.1, 0.15) is 12.1 Å². The van der Waals surface area contributed by atoms with Gasteiger partial charge in [0.2, 0.25) is 0 Å². The Morgan fingerprint density at radius 3 is 2.63 bits per heavy atom. The highest BCUT2D eigenvalue weighted by Crippen LogP contribution is 2.36. The molecule has 2 fully saturated rings. The SMILES string of the molecule is CC1CCC2(CC1)NC(=O)N(CC(=O)OCC(=O)NCCSc1ccccc1)C2=O. The van der Waals surface area contributed by atoms with Gasteiger partial charge in [-0.2, -0.15) is 0 Å². The van der Waals surface area contributed by atoms with E-state index in [9.17, 15) is 19.2 Å². The minimum Gasteiger partial charge on any atom is -0.454 e. The van der Waals surface area contributed by atoms with Gasteiger partial charge in [-0.15, -0.1) is 11.8 Å². The summed E-state index contributed by atoms with van der Waals surface area (Å²) in [5.74, 6) is -0.379. The molecule has 1 saturated heterocycles. The number of carbonyl (C=O) groups is 4. The summed E-state index contributed by atoms with van der Waals surface area (Å²) in [5.41, 5.74) is -0.891. The summed E-state index contributed by atoms with van der Waals surface area (Å²) in [7, 11) is 0. The maximum atomic E-state index is 12.7. The number of imide groups is 1. The van der Waals surface area contributed by atoms with E-state index in [1.807, 2.05) is 30.3 Å². The van der Waals surface area contributed by atoms with E-state index < -0.39 is 36.6 Å². The lowest BCUT2D eigenvalue weighted by Crippen LogP contribution is -2.49. The molecule has 1 saturated carbocycles. The summed E-state index contributed by atoms with van der Waals surface area (Å²) >= 11 is 1.61. The first kappa shape index (κ1) is 22.1. The molecular formula is C21H27N3O5S. The summed E-state index contributed by atoms with van der Waals surface area (Å²) in [5, 5.41) is 5.43. The van der Waals surface area contributed by atoms with Crippen molar-refractivity contribution in [3.63, 3.8) is 0 Å². The fraction of sp³-hybridized carbons (Fsp3) is 0.524. The van der Waals surface area contributed by atoms with Crippen LogP contribution in [0.25, 0.3) is 0 Å². The van der Waals surface area contributed by atoms with Gasteiger partial charge in [0.05, 0.1) is 0 Å². The number of rotatable bonds is 8. The summed E-state index contributed by atoms with van der Waals surface area (Å²) in [4.78, 5) is 50.8. The molecule has 0 radical (unpaired) electrons. The first-order valence-electron chi connectivity index (χ1n) is 10.1. The van der Waals surface area contributed by atoms with Gasteiger partial charge < -0.3 is 15.4 Å². The lowest BCUT2D eigenvalue weighted by Gasteiger charge is -2.33. The molecule has 0 atom stereocenters. The molecule has 0 bridgehead atoms. The number of nitrogens with zero attached hydrogens (tertiary/aromatic N) is 1. The number of hydrogen-bond acceptors (Lipinski definition) is 6. The van der Waals surface area contributed by atoms with Crippen molar-refractivity contribution in [3.8, 4) is 0 Å². The Balaban J connectivity index is 1.36. The maximum absolute atomic E-state index is 12.7. The Morgan fingerprint density at radius 2 is 1.93 bits per heavy atom. The van der Waals surface area contributed by atoms with Crippen molar-refractivity contribution < 1.29 is 23.9 Å². The predicted octanol–water partition coefficient (Wildman–Crippen LogP) is 1.94. The van der Waals surface area contributed by atoms with E-state index >= 15 is 0 Å². The van der Waals surface area contributed by atoms with Gasteiger partial charge in [-0.05, 0) is 43.7 Å². The van der Waals surface area contributed by atoms with Crippen molar-refractivity contribution in [1.29, 1.82) is 0 Å². The van der Waals surface area contributed by atoms with E-state index in [1.165, 1.54) is 0 Å². The molecule has 1 aromatic rings. The molecule has 1 aliphatic heterocycles. The van der Waals surface area contributed by atoms with Gasteiger partial charge in [0.25, 0.3) is 11.8 Å². The second kappa shape index (κ2) is 9.97. The first-order valence-corrected chi connectivity index (χ1v) is 11.1. The van der Waals surface area contributed by atoms with Crippen LogP contribution in [0.15, 0.2) is 35.2 Å². The van der Waals surface area contributed by atoms with E-state index in [2.05, 4.69) is 17.6 Å². The average Bonchev–Trinajstić information content (AvgIpc) is 2.97. The van der Waals surface area contributed by atoms with E-state index in [1.54, 1.807) is 11.8 Å². The number of amides is 4. The molecule has 3 rings (SSSR count). The first-order chi connectivity index (χ1) is 14.4. The van der Waals surface area contributed by atoms with Crippen molar-refractivity contribution in [2.45, 2.75) is 43.0 Å². The number of carbonyl (C=O) groups excluding carboxylic acids is 4. The van der Waals surface area contributed by atoms with Crippen LogP contribution in [0.5, 0.6) is 0 Å². The highest BCUT2D eigenvalue weighted by atomic mass is 32.2. The Bertz CT molecular complexity index is 793. The summed E-state index contributed by atoms with van der Waals surface area (Å²) < 4.78 is 4.94. The van der Waals surface area contributed by atoms with Crippen molar-refractivity contribution in [2.75, 3.05) is 25.4 Å². The molecule has 8 nitrogen and oxygen atoms in total. The van der Waals surface area contributed by atoms with E-state index in [0.29, 0.717) is 31.1 Å². The van der Waals surface area contributed by atoms with Crippen LogP contribution < -0.4 is 10.6 Å². The van der Waals surface area contributed by atoms with Gasteiger partial charge >= 0.3 is 12.0 Å². The number of thioether (sulfide) groups is 1. The van der Waals surface area contributed by atoms with Gasteiger partial charge in [-0.3, -0.25) is 19.3 Å². The van der Waals surface area contributed by atoms with Crippen LogP contribution in [0, 0.1) is 5.92 Å². The quantitative estimate of drug-likeness (QED) is 0.281. The molecule has 9 heteroatoms. The largest absolute Gasteiger partial charge is 0.454 e. The summed E-state index contributed by atoms with van der Waals surface area (Å²) in [6.45, 7) is 1.62. The van der Waals surface area contributed by atoms with E-state index in [0.717, 1.165) is 22.6 Å². The topological polar surface area (TPSA) is 105 Å². The molecule has 1 aromatic carbocycles. The molecular weight excluding hydrogens is 406 g/mol. The molecule has 162 valence electrons. The maximum Gasteiger partial charge on any atom is 0.326 e. The average molecular weight is 434 g/mol. The molecule has 2 aliphatic rings. The summed E-state index contributed by atoms with van der Waals surface area (Å²) in [6.07, 6.45) is 2.86. The molecule has 1 heterocycles. The normalized spacial score (nSPS) is 23.4. The number of urea groups is 1. The molecule has 4 amide bonds. The number of benzene rings is 1. The zero-order chi connectivity index (χ0) is 21.6. The zero-order valence-corrected chi connectivity index (χ0v) is 17.8. The van der Waals surface area contributed by atoms with Crippen LogP contribution in [-0.4, -0.2) is 59.7 Å². The minimum absolute atomic E-state index is 0.376. The number of nitrogens with one attached hydrogen (secondary N) is 2. The molecule has 0 unspecified atom stereocenters. The Labute approximate surface area is 180 Å². The standard InChI is InChI=1S/C21H27N3O5S/c1-15-7-9-21(10-8-15)19(27)24(20(28)23-21)13-18(26)29-14-17(25)22-11-12-30-16-5-3-2-4-6-16/h2-6,15H,7-14H2,1H3,(H,22,25)(H,23,28). The molecule has 2 N–H and O–H groups in total. The number of hydrogen-bond donors (Lipinski definition) is 2. The lowest BCUT2D eigenvalue weighted by atomic mass is 9.77. The van der Waals surface area contributed by atoms with Crippen LogP contribution >= 0.6 is 11.8 Å². The third kappa shape index (κ3) is 5.53. The molecule has 0 aromatic heterocycles. The van der Waals surface area contributed by atoms with Crippen LogP contribution in [0.2, 0.25) is 0 Å². The lowest BCUT2D eigenvalue weighted by molar-refractivity contribution is -0.151. The molecule has 30 heavy (non-hydrogen) atoms. The van der Waals surface area contributed by atoms with Crippen molar-refractivity contribution >= 4 is 35.6 Å². The van der Waals surface area contributed by atoms with Crippen LogP contribution in [0.1, 0.15) is 32.6 Å².